The van der Waals surface area contributed by atoms with Gasteiger partial charge in [-0.15, -0.1) is 11.6 Å². The van der Waals surface area contributed by atoms with E-state index >= 15 is 0 Å². The summed E-state index contributed by atoms with van der Waals surface area (Å²) < 4.78 is 24.6. The van der Waals surface area contributed by atoms with Gasteiger partial charge in [0, 0.05) is 10.0 Å². The molecular weight excluding hydrogens is 267 g/mol. The zero-order valence-electron chi connectivity index (χ0n) is 6.28. The molecule has 72 valence electrons. The van der Waals surface area contributed by atoms with Crippen LogP contribution in [0.3, 0.4) is 0 Å². The summed E-state index contributed by atoms with van der Waals surface area (Å²) >= 11 is 8.32. The summed E-state index contributed by atoms with van der Waals surface area (Å²) in [4.78, 5) is 13.1. The van der Waals surface area contributed by atoms with Crippen molar-refractivity contribution in [2.45, 2.75) is 12.3 Å². The largest absolute Gasteiger partial charge is 0.320 e. The van der Waals surface area contributed by atoms with Crippen LogP contribution in [0.2, 0.25) is 0 Å². The molecule has 0 amide bonds. The third kappa shape index (κ3) is 2.28. The highest BCUT2D eigenvalue weighted by Gasteiger charge is 2.14. The number of rotatable bonds is 2. The van der Waals surface area contributed by atoms with Gasteiger partial charge in [0.1, 0.15) is 0 Å². The Kier molecular flexibility index (Phi) is 3.44. The minimum absolute atomic E-state index is 0.00253. The van der Waals surface area contributed by atoms with Crippen LogP contribution >= 0.6 is 27.5 Å². The van der Waals surface area contributed by atoms with Gasteiger partial charge in [-0.05, 0) is 22.0 Å². The molecule has 0 bridgehead atoms. The topological polar surface area (TPSA) is 32.9 Å². The first-order valence-corrected chi connectivity index (χ1v) is 4.64. The van der Waals surface area contributed by atoms with Crippen molar-refractivity contribution in [2.24, 2.45) is 0 Å². The first kappa shape index (κ1) is 10.7. The third-order valence-electron chi connectivity index (χ3n) is 1.46. The van der Waals surface area contributed by atoms with Crippen molar-refractivity contribution in [3.63, 3.8) is 0 Å². The van der Waals surface area contributed by atoms with E-state index < -0.39 is 17.7 Å². The molecule has 0 radical (unpaired) electrons. The predicted octanol–water partition coefficient (Wildman–Crippen LogP) is 2.81. The summed E-state index contributed by atoms with van der Waals surface area (Å²) in [6, 6.07) is 1.30. The molecule has 1 rings (SSSR count). The fourth-order valence-electron chi connectivity index (χ4n) is 0.817. The van der Waals surface area contributed by atoms with E-state index in [9.17, 15) is 13.6 Å². The zero-order chi connectivity index (χ0) is 10.0. The highest BCUT2D eigenvalue weighted by molar-refractivity contribution is 9.10. The van der Waals surface area contributed by atoms with Crippen LogP contribution in [0.15, 0.2) is 15.3 Å². The number of aromatic amines is 1. The highest BCUT2D eigenvalue weighted by Crippen LogP contribution is 2.24. The van der Waals surface area contributed by atoms with Crippen LogP contribution in [0, 0.1) is 0 Å². The van der Waals surface area contributed by atoms with Gasteiger partial charge >= 0.3 is 0 Å². The molecule has 13 heavy (non-hydrogen) atoms. The Hall–Kier alpha value is -0.420. The molecule has 0 spiro atoms. The number of alkyl halides is 3. The summed E-state index contributed by atoms with van der Waals surface area (Å²) in [5.41, 5.74) is -0.731. The normalized spacial score (nSPS) is 10.8. The second-order valence-corrected chi connectivity index (χ2v) is 3.44. The van der Waals surface area contributed by atoms with Gasteiger partial charge in [0.25, 0.3) is 12.0 Å². The van der Waals surface area contributed by atoms with Crippen LogP contribution in [-0.2, 0) is 5.88 Å². The Morgan fingerprint density at radius 2 is 2.23 bits per heavy atom. The maximum atomic E-state index is 12.2. The Bertz CT molecular complexity index is 366. The summed E-state index contributed by atoms with van der Waals surface area (Å²) in [6.07, 6.45) is -2.70. The van der Waals surface area contributed by atoms with Crippen LogP contribution in [0.25, 0.3) is 0 Å². The molecule has 1 aromatic heterocycles. The summed E-state index contributed by atoms with van der Waals surface area (Å²) in [5, 5.41) is 0. The first-order valence-electron chi connectivity index (χ1n) is 3.32. The fraction of sp³-hybridized carbons (Fsp3) is 0.286. The number of nitrogens with one attached hydrogen (secondary N) is 1. The van der Waals surface area contributed by atoms with Crippen molar-refractivity contribution in [3.05, 3.63) is 32.2 Å². The molecule has 0 unspecified atom stereocenters. The van der Waals surface area contributed by atoms with Crippen LogP contribution in [-0.4, -0.2) is 4.98 Å². The smallest absolute Gasteiger partial charge is 0.279 e. The fourth-order valence-corrected chi connectivity index (χ4v) is 1.56. The third-order valence-corrected chi connectivity index (χ3v) is 2.40. The van der Waals surface area contributed by atoms with Gasteiger partial charge in [0.15, 0.2) is 0 Å². The number of halogens is 4. The molecular formula is C7H5BrClF2NO. The summed E-state index contributed by atoms with van der Waals surface area (Å²) in [5.74, 6) is -0.00253. The van der Waals surface area contributed by atoms with Crippen LogP contribution < -0.4 is 5.56 Å². The molecule has 0 aliphatic carbocycles. The second kappa shape index (κ2) is 4.19. The van der Waals surface area contributed by atoms with Gasteiger partial charge in [-0.25, -0.2) is 8.78 Å². The minimum atomic E-state index is -2.70. The van der Waals surface area contributed by atoms with Crippen molar-refractivity contribution in [3.8, 4) is 0 Å². The van der Waals surface area contributed by atoms with Gasteiger partial charge in [-0.1, -0.05) is 0 Å². The molecule has 0 fully saturated rings. The van der Waals surface area contributed by atoms with Crippen molar-refractivity contribution < 1.29 is 8.78 Å². The van der Waals surface area contributed by atoms with E-state index in [2.05, 4.69) is 20.9 Å². The van der Waals surface area contributed by atoms with E-state index in [4.69, 9.17) is 11.6 Å². The SMILES string of the molecule is O=c1[nH]c(C(F)F)c(Br)cc1CCl. The monoisotopic (exact) mass is 271 g/mol. The molecule has 0 aliphatic heterocycles. The maximum Gasteiger partial charge on any atom is 0.279 e. The average Bonchev–Trinajstić information content (AvgIpc) is 2.07. The van der Waals surface area contributed by atoms with E-state index in [0.29, 0.717) is 0 Å². The molecule has 1 aromatic rings. The van der Waals surface area contributed by atoms with Crippen molar-refractivity contribution in [2.75, 3.05) is 0 Å². The van der Waals surface area contributed by atoms with E-state index in [1.54, 1.807) is 0 Å². The molecule has 0 saturated heterocycles. The highest BCUT2D eigenvalue weighted by atomic mass is 79.9. The molecule has 0 aliphatic rings. The van der Waals surface area contributed by atoms with E-state index in [1.807, 2.05) is 0 Å². The Balaban J connectivity index is 3.29. The van der Waals surface area contributed by atoms with Crippen LogP contribution in [0.4, 0.5) is 8.78 Å². The number of H-pyrrole nitrogens is 1. The van der Waals surface area contributed by atoms with Gasteiger partial charge in [-0.3, -0.25) is 4.79 Å². The van der Waals surface area contributed by atoms with E-state index in [0.717, 1.165) is 0 Å². The second-order valence-electron chi connectivity index (χ2n) is 2.32. The standard InChI is InChI=1S/C7H5BrClF2NO/c8-4-1-3(2-9)7(13)12-5(4)6(10)11/h1,6H,2H2,(H,12,13). The average molecular weight is 272 g/mol. The lowest BCUT2D eigenvalue weighted by Gasteiger charge is -2.03. The molecule has 6 heteroatoms. The van der Waals surface area contributed by atoms with Crippen LogP contribution in [0.1, 0.15) is 17.7 Å². The van der Waals surface area contributed by atoms with E-state index in [1.165, 1.54) is 6.07 Å². The van der Waals surface area contributed by atoms with Gasteiger partial charge < -0.3 is 4.98 Å². The van der Waals surface area contributed by atoms with Gasteiger partial charge in [0.05, 0.1) is 11.6 Å². The summed E-state index contributed by atoms with van der Waals surface area (Å²) in [7, 11) is 0. The molecule has 1 heterocycles. The summed E-state index contributed by atoms with van der Waals surface area (Å²) in [6.45, 7) is 0. The van der Waals surface area contributed by atoms with Crippen molar-refractivity contribution in [1.29, 1.82) is 0 Å². The number of aromatic nitrogens is 1. The zero-order valence-corrected chi connectivity index (χ0v) is 8.62. The van der Waals surface area contributed by atoms with Crippen molar-refractivity contribution >= 4 is 27.5 Å². The Labute approximate surface area is 86.0 Å². The lowest BCUT2D eigenvalue weighted by Crippen LogP contribution is -2.14. The van der Waals surface area contributed by atoms with Gasteiger partial charge in [-0.2, -0.15) is 0 Å². The predicted molar refractivity (Wildman–Crippen MR) is 49.3 cm³/mol. The lowest BCUT2D eigenvalue weighted by molar-refractivity contribution is 0.145. The maximum absolute atomic E-state index is 12.2. The first-order chi connectivity index (χ1) is 6.06. The Morgan fingerprint density at radius 1 is 1.62 bits per heavy atom. The number of hydrogen-bond acceptors (Lipinski definition) is 1. The van der Waals surface area contributed by atoms with Crippen molar-refractivity contribution in [1.82, 2.24) is 4.98 Å². The molecule has 0 aromatic carbocycles. The number of hydrogen-bond donors (Lipinski definition) is 1. The molecule has 0 saturated carbocycles. The van der Waals surface area contributed by atoms with Crippen LogP contribution in [0.5, 0.6) is 0 Å². The quantitative estimate of drug-likeness (QED) is 0.825. The van der Waals surface area contributed by atoms with E-state index in [-0.39, 0.29) is 15.9 Å². The van der Waals surface area contributed by atoms with Gasteiger partial charge in [0.2, 0.25) is 0 Å². The Morgan fingerprint density at radius 3 is 2.69 bits per heavy atom. The minimum Gasteiger partial charge on any atom is -0.320 e. The lowest BCUT2D eigenvalue weighted by atomic mass is 10.3. The number of pyridine rings is 1. The molecule has 1 N–H and O–H groups in total. The molecule has 0 atom stereocenters. The molecule has 2 nitrogen and oxygen atoms in total.